The standard InChI is InChI=1S/C21H20ClFN4O3S2/c22-15-5-7-17(8-6-15)32(29,30)25-21-24-16(14-31-21)13-20(28)27-11-9-26(10-12-27)19-4-2-1-3-18(19)23/h1-8,14H,9-13H2,(H,24,25). The Hall–Kier alpha value is -2.69. The maximum Gasteiger partial charge on any atom is 0.263 e. The highest BCUT2D eigenvalue weighted by Gasteiger charge is 2.24. The monoisotopic (exact) mass is 494 g/mol. The number of hydrogen-bond donors (Lipinski definition) is 1. The van der Waals surface area contributed by atoms with Crippen molar-refractivity contribution in [3.8, 4) is 0 Å². The number of sulfonamides is 1. The minimum Gasteiger partial charge on any atom is -0.366 e. The van der Waals surface area contributed by atoms with E-state index in [1.807, 2.05) is 4.90 Å². The molecule has 1 aliphatic heterocycles. The predicted octanol–water partition coefficient (Wildman–Crippen LogP) is 3.63. The van der Waals surface area contributed by atoms with Crippen LogP contribution in [0.1, 0.15) is 5.69 Å². The van der Waals surface area contributed by atoms with Crippen LogP contribution in [0, 0.1) is 5.82 Å². The molecule has 0 aliphatic carbocycles. The summed E-state index contributed by atoms with van der Waals surface area (Å²) >= 11 is 6.92. The molecule has 0 saturated carbocycles. The van der Waals surface area contributed by atoms with Gasteiger partial charge < -0.3 is 9.80 Å². The zero-order chi connectivity index (χ0) is 22.7. The van der Waals surface area contributed by atoms with E-state index in [1.165, 1.54) is 30.3 Å². The van der Waals surface area contributed by atoms with Crippen LogP contribution in [-0.2, 0) is 21.2 Å². The van der Waals surface area contributed by atoms with E-state index in [9.17, 15) is 17.6 Å². The highest BCUT2D eigenvalue weighted by atomic mass is 35.5. The summed E-state index contributed by atoms with van der Waals surface area (Å²) in [5.41, 5.74) is 1.03. The van der Waals surface area contributed by atoms with E-state index in [-0.39, 0.29) is 28.2 Å². The number of carbonyl (C=O) groups excluding carboxylic acids is 1. The molecule has 0 bridgehead atoms. The Labute approximate surface area is 194 Å². The first-order chi connectivity index (χ1) is 15.3. The third kappa shape index (κ3) is 5.20. The van der Waals surface area contributed by atoms with Gasteiger partial charge in [-0.15, -0.1) is 11.3 Å². The lowest BCUT2D eigenvalue weighted by atomic mass is 10.2. The molecule has 3 aromatic rings. The SMILES string of the molecule is O=C(Cc1csc(NS(=O)(=O)c2ccc(Cl)cc2)n1)N1CCN(c2ccccc2F)CC1. The Balaban J connectivity index is 1.33. The number of hydrogen-bond acceptors (Lipinski definition) is 6. The van der Waals surface area contributed by atoms with Gasteiger partial charge in [0.2, 0.25) is 5.91 Å². The summed E-state index contributed by atoms with van der Waals surface area (Å²) in [6.45, 7) is 2.03. The van der Waals surface area contributed by atoms with Gasteiger partial charge in [0.15, 0.2) is 5.13 Å². The second-order valence-electron chi connectivity index (χ2n) is 7.20. The van der Waals surface area contributed by atoms with Gasteiger partial charge in [0.1, 0.15) is 5.82 Å². The summed E-state index contributed by atoms with van der Waals surface area (Å²) in [4.78, 5) is 20.6. The number of thiazole rings is 1. The Morgan fingerprint density at radius 2 is 1.78 bits per heavy atom. The van der Waals surface area contributed by atoms with Gasteiger partial charge in [-0.05, 0) is 36.4 Å². The lowest BCUT2D eigenvalue weighted by Gasteiger charge is -2.36. The van der Waals surface area contributed by atoms with Gasteiger partial charge in [-0.2, -0.15) is 0 Å². The van der Waals surface area contributed by atoms with Crippen LogP contribution in [0.4, 0.5) is 15.2 Å². The second-order valence-corrected chi connectivity index (χ2v) is 10.2. The number of rotatable bonds is 6. The molecule has 1 amide bonds. The Morgan fingerprint density at radius 3 is 2.47 bits per heavy atom. The second kappa shape index (κ2) is 9.43. The van der Waals surface area contributed by atoms with E-state index in [1.54, 1.807) is 28.5 Å². The Kier molecular flexibility index (Phi) is 6.63. The fraction of sp³-hybridized carbons (Fsp3) is 0.238. The molecule has 0 unspecified atom stereocenters. The largest absolute Gasteiger partial charge is 0.366 e. The van der Waals surface area contributed by atoms with Crippen LogP contribution in [0.5, 0.6) is 0 Å². The van der Waals surface area contributed by atoms with Crippen molar-refractivity contribution in [2.45, 2.75) is 11.3 Å². The van der Waals surface area contributed by atoms with Crippen LogP contribution in [0.25, 0.3) is 0 Å². The smallest absolute Gasteiger partial charge is 0.263 e. The molecule has 7 nitrogen and oxygen atoms in total. The average Bonchev–Trinajstić information content (AvgIpc) is 3.20. The number of para-hydroxylation sites is 1. The van der Waals surface area contributed by atoms with E-state index in [0.29, 0.717) is 42.6 Å². The molecule has 2 aromatic carbocycles. The van der Waals surface area contributed by atoms with Crippen molar-refractivity contribution in [1.82, 2.24) is 9.88 Å². The van der Waals surface area contributed by atoms with Crippen LogP contribution < -0.4 is 9.62 Å². The Bertz CT molecular complexity index is 1210. The Morgan fingerprint density at radius 1 is 1.09 bits per heavy atom. The number of carbonyl (C=O) groups is 1. The normalized spacial score (nSPS) is 14.4. The number of benzene rings is 2. The molecule has 1 fully saturated rings. The number of nitrogens with zero attached hydrogens (tertiary/aromatic N) is 3. The van der Waals surface area contributed by atoms with Gasteiger partial charge in [-0.3, -0.25) is 9.52 Å². The summed E-state index contributed by atoms with van der Waals surface area (Å²) in [5, 5.41) is 2.29. The van der Waals surface area contributed by atoms with Crippen molar-refractivity contribution in [3.63, 3.8) is 0 Å². The molecule has 11 heteroatoms. The summed E-state index contributed by atoms with van der Waals surface area (Å²) in [5.74, 6) is -0.376. The first kappa shape index (κ1) is 22.5. The summed E-state index contributed by atoms with van der Waals surface area (Å²) < 4.78 is 41.3. The number of amides is 1. The molecule has 1 aromatic heterocycles. The van der Waals surface area contributed by atoms with Crippen LogP contribution in [0.15, 0.2) is 58.8 Å². The van der Waals surface area contributed by atoms with Gasteiger partial charge in [0.05, 0.1) is 22.7 Å². The molecule has 1 N–H and O–H groups in total. The van der Waals surface area contributed by atoms with Crippen LogP contribution >= 0.6 is 22.9 Å². The fourth-order valence-corrected chi connectivity index (χ4v) is 5.48. The van der Waals surface area contributed by atoms with Crippen molar-refractivity contribution in [2.75, 3.05) is 35.8 Å². The lowest BCUT2D eigenvalue weighted by Crippen LogP contribution is -2.49. The summed E-state index contributed by atoms with van der Waals surface area (Å²) in [7, 11) is -3.79. The van der Waals surface area contributed by atoms with Gasteiger partial charge in [0.25, 0.3) is 10.0 Å². The van der Waals surface area contributed by atoms with E-state index in [0.717, 1.165) is 11.3 Å². The third-order valence-electron chi connectivity index (χ3n) is 5.06. The van der Waals surface area contributed by atoms with Crippen molar-refractivity contribution >= 4 is 49.7 Å². The molecule has 0 atom stereocenters. The summed E-state index contributed by atoms with van der Waals surface area (Å²) in [6.07, 6.45) is 0.0683. The van der Waals surface area contributed by atoms with Gasteiger partial charge in [0, 0.05) is 36.6 Å². The number of nitrogens with one attached hydrogen (secondary N) is 1. The van der Waals surface area contributed by atoms with E-state index in [4.69, 9.17) is 11.6 Å². The quantitative estimate of drug-likeness (QED) is 0.566. The van der Waals surface area contributed by atoms with Crippen molar-refractivity contribution in [2.24, 2.45) is 0 Å². The maximum atomic E-state index is 14.0. The number of aromatic nitrogens is 1. The maximum absolute atomic E-state index is 14.0. The van der Waals surface area contributed by atoms with Crippen molar-refractivity contribution in [3.05, 3.63) is 70.4 Å². The van der Waals surface area contributed by atoms with Crippen LogP contribution in [0.2, 0.25) is 5.02 Å². The van der Waals surface area contributed by atoms with Crippen molar-refractivity contribution < 1.29 is 17.6 Å². The van der Waals surface area contributed by atoms with Crippen molar-refractivity contribution in [1.29, 1.82) is 0 Å². The minimum atomic E-state index is -3.79. The van der Waals surface area contributed by atoms with E-state index >= 15 is 0 Å². The summed E-state index contributed by atoms with van der Waals surface area (Å²) in [6, 6.07) is 12.4. The predicted molar refractivity (Wildman–Crippen MR) is 123 cm³/mol. The molecule has 0 radical (unpaired) electrons. The van der Waals surface area contributed by atoms with Gasteiger partial charge in [-0.1, -0.05) is 23.7 Å². The molecule has 4 rings (SSSR count). The van der Waals surface area contributed by atoms with Gasteiger partial charge in [-0.25, -0.2) is 17.8 Å². The molecule has 1 aliphatic rings. The number of halogens is 2. The third-order valence-corrected chi connectivity index (χ3v) is 7.60. The number of anilines is 2. The minimum absolute atomic E-state index is 0.0683. The molecule has 168 valence electrons. The van der Waals surface area contributed by atoms with Gasteiger partial charge >= 0.3 is 0 Å². The van der Waals surface area contributed by atoms with E-state index < -0.39 is 10.0 Å². The molecule has 1 saturated heterocycles. The van der Waals surface area contributed by atoms with E-state index in [2.05, 4.69) is 9.71 Å². The zero-order valence-electron chi connectivity index (χ0n) is 16.9. The zero-order valence-corrected chi connectivity index (χ0v) is 19.3. The highest BCUT2D eigenvalue weighted by Crippen LogP contribution is 2.23. The molecule has 32 heavy (non-hydrogen) atoms. The topological polar surface area (TPSA) is 82.6 Å². The molecular weight excluding hydrogens is 475 g/mol. The fourth-order valence-electron chi connectivity index (χ4n) is 3.39. The van der Waals surface area contributed by atoms with Crippen LogP contribution in [-0.4, -0.2) is 50.4 Å². The first-order valence-electron chi connectivity index (χ1n) is 9.82. The number of piperazine rings is 1. The first-order valence-corrected chi connectivity index (χ1v) is 12.6. The van der Waals surface area contributed by atoms with Crippen LogP contribution in [0.3, 0.4) is 0 Å². The lowest BCUT2D eigenvalue weighted by molar-refractivity contribution is -0.130. The average molecular weight is 495 g/mol. The molecular formula is C21H20ClFN4O3S2. The highest BCUT2D eigenvalue weighted by molar-refractivity contribution is 7.93. The molecule has 2 heterocycles. The molecule has 0 spiro atoms.